The first kappa shape index (κ1) is 18.7. The Kier molecular flexibility index (Phi) is 4.77. The molecule has 2 heterocycles. The summed E-state index contributed by atoms with van der Waals surface area (Å²) in [4.78, 5) is 25.7. The molecule has 0 aliphatic carbocycles. The molecule has 2 aromatic rings. The quantitative estimate of drug-likeness (QED) is 0.806. The zero-order chi connectivity index (χ0) is 19.8. The van der Waals surface area contributed by atoms with Crippen LogP contribution in [0.5, 0.6) is 0 Å². The standard InChI is InChI=1S/C18H22FN5O3/c1-18(2,3)27-16(25)12-9-11(5-6-13(12)19)23-7-8-24-15(23)10-14(22-24)21-17(26)20-4/h5-6,9-10H,7-8H2,1-4H3,(H2,20,21,22,26). The summed E-state index contributed by atoms with van der Waals surface area (Å²) in [7, 11) is 1.52. The minimum absolute atomic E-state index is 0.121. The Morgan fingerprint density at radius 3 is 2.63 bits per heavy atom. The number of hydrogen-bond donors (Lipinski definition) is 2. The first-order chi connectivity index (χ1) is 12.7. The van der Waals surface area contributed by atoms with Gasteiger partial charge in [0, 0.05) is 25.3 Å². The van der Waals surface area contributed by atoms with Crippen LogP contribution in [0.1, 0.15) is 31.1 Å². The maximum atomic E-state index is 14.2. The molecule has 27 heavy (non-hydrogen) atoms. The number of nitrogens with one attached hydrogen (secondary N) is 2. The number of rotatable bonds is 3. The van der Waals surface area contributed by atoms with Crippen LogP contribution >= 0.6 is 0 Å². The molecule has 1 aromatic heterocycles. The number of benzene rings is 1. The zero-order valence-corrected chi connectivity index (χ0v) is 15.7. The van der Waals surface area contributed by atoms with E-state index in [-0.39, 0.29) is 11.6 Å². The van der Waals surface area contributed by atoms with Gasteiger partial charge in [-0.25, -0.2) is 18.7 Å². The third-order valence-electron chi connectivity index (χ3n) is 3.92. The van der Waals surface area contributed by atoms with Gasteiger partial charge in [0.2, 0.25) is 0 Å². The van der Waals surface area contributed by atoms with Crippen LogP contribution in [0, 0.1) is 5.82 Å². The summed E-state index contributed by atoms with van der Waals surface area (Å²) < 4.78 is 21.2. The van der Waals surface area contributed by atoms with Crippen LogP contribution in [0.4, 0.5) is 26.5 Å². The fourth-order valence-electron chi connectivity index (χ4n) is 2.77. The molecule has 9 heteroatoms. The summed E-state index contributed by atoms with van der Waals surface area (Å²) in [5.74, 6) is -0.203. The SMILES string of the molecule is CNC(=O)Nc1cc2n(n1)CCN2c1ccc(F)c(C(=O)OC(C)(C)C)c1. The Morgan fingerprint density at radius 1 is 1.22 bits per heavy atom. The van der Waals surface area contributed by atoms with Crippen LogP contribution in [0.15, 0.2) is 24.3 Å². The van der Waals surface area contributed by atoms with Gasteiger partial charge in [-0.2, -0.15) is 5.10 Å². The van der Waals surface area contributed by atoms with Crippen molar-refractivity contribution >= 4 is 29.3 Å². The van der Waals surface area contributed by atoms with Gasteiger partial charge >= 0.3 is 12.0 Å². The first-order valence-corrected chi connectivity index (χ1v) is 8.55. The van der Waals surface area contributed by atoms with Gasteiger partial charge in [-0.3, -0.25) is 5.32 Å². The number of carbonyl (C=O) groups excluding carboxylic acids is 2. The van der Waals surface area contributed by atoms with Crippen molar-refractivity contribution in [1.29, 1.82) is 0 Å². The number of hydrogen-bond acceptors (Lipinski definition) is 5. The van der Waals surface area contributed by atoms with E-state index in [1.165, 1.54) is 19.2 Å². The molecular formula is C18H22FN5O3. The molecular weight excluding hydrogens is 353 g/mol. The summed E-state index contributed by atoms with van der Waals surface area (Å²) in [5.41, 5.74) is -0.196. The van der Waals surface area contributed by atoms with Crippen molar-refractivity contribution < 1.29 is 18.7 Å². The maximum Gasteiger partial charge on any atom is 0.341 e. The molecule has 8 nitrogen and oxygen atoms in total. The fraction of sp³-hybridized carbons (Fsp3) is 0.389. The summed E-state index contributed by atoms with van der Waals surface area (Å²) >= 11 is 0. The van der Waals surface area contributed by atoms with E-state index in [2.05, 4.69) is 15.7 Å². The average Bonchev–Trinajstić information content (AvgIpc) is 3.13. The van der Waals surface area contributed by atoms with Gasteiger partial charge in [-0.15, -0.1) is 0 Å². The number of carbonyl (C=O) groups is 2. The molecule has 0 atom stereocenters. The second-order valence-electron chi connectivity index (χ2n) is 7.13. The number of esters is 1. The Labute approximate surface area is 156 Å². The number of nitrogens with zero attached hydrogens (tertiary/aromatic N) is 3. The van der Waals surface area contributed by atoms with Crippen molar-refractivity contribution in [3.63, 3.8) is 0 Å². The molecule has 1 aromatic carbocycles. The Balaban J connectivity index is 1.88. The normalized spacial score (nSPS) is 13.3. The highest BCUT2D eigenvalue weighted by atomic mass is 19.1. The van der Waals surface area contributed by atoms with Crippen molar-refractivity contribution in [2.45, 2.75) is 32.9 Å². The van der Waals surface area contributed by atoms with Gasteiger partial charge in [0.1, 0.15) is 17.2 Å². The van der Waals surface area contributed by atoms with Gasteiger partial charge in [0.05, 0.1) is 12.1 Å². The van der Waals surface area contributed by atoms with Crippen molar-refractivity contribution in [1.82, 2.24) is 15.1 Å². The van der Waals surface area contributed by atoms with Crippen molar-refractivity contribution in [2.24, 2.45) is 0 Å². The fourth-order valence-corrected chi connectivity index (χ4v) is 2.77. The molecule has 0 saturated heterocycles. The molecule has 2 amide bonds. The topological polar surface area (TPSA) is 88.5 Å². The van der Waals surface area contributed by atoms with Gasteiger partial charge in [-0.05, 0) is 39.0 Å². The highest BCUT2D eigenvalue weighted by molar-refractivity contribution is 5.92. The first-order valence-electron chi connectivity index (χ1n) is 8.55. The molecule has 0 spiro atoms. The smallest absolute Gasteiger partial charge is 0.341 e. The number of amides is 2. The molecule has 0 radical (unpaired) electrons. The predicted octanol–water partition coefficient (Wildman–Crippen LogP) is 2.88. The van der Waals surface area contributed by atoms with E-state index in [4.69, 9.17) is 4.74 Å². The van der Waals surface area contributed by atoms with Crippen LogP contribution < -0.4 is 15.5 Å². The molecule has 0 bridgehead atoms. The van der Waals surface area contributed by atoms with E-state index < -0.39 is 17.4 Å². The second-order valence-corrected chi connectivity index (χ2v) is 7.13. The van der Waals surface area contributed by atoms with Crippen LogP contribution in [0.3, 0.4) is 0 Å². The molecule has 1 aliphatic rings. The third-order valence-corrected chi connectivity index (χ3v) is 3.92. The number of aromatic nitrogens is 2. The maximum absolute atomic E-state index is 14.2. The number of anilines is 3. The summed E-state index contributed by atoms with van der Waals surface area (Å²) in [5, 5.41) is 9.39. The summed E-state index contributed by atoms with van der Waals surface area (Å²) in [6.07, 6.45) is 0. The Hall–Kier alpha value is -3.10. The minimum atomic E-state index is -0.716. The highest BCUT2D eigenvalue weighted by Crippen LogP contribution is 2.33. The molecule has 1 aliphatic heterocycles. The summed E-state index contributed by atoms with van der Waals surface area (Å²) in [6.45, 7) is 6.40. The second kappa shape index (κ2) is 6.90. The predicted molar refractivity (Wildman–Crippen MR) is 98.9 cm³/mol. The van der Waals surface area contributed by atoms with Gasteiger partial charge < -0.3 is 15.0 Å². The minimum Gasteiger partial charge on any atom is -0.456 e. The van der Waals surface area contributed by atoms with Crippen LogP contribution in [0.2, 0.25) is 0 Å². The molecule has 0 saturated carbocycles. The van der Waals surface area contributed by atoms with Crippen molar-refractivity contribution in [3.8, 4) is 0 Å². The monoisotopic (exact) mass is 375 g/mol. The van der Waals surface area contributed by atoms with E-state index in [0.717, 1.165) is 5.82 Å². The number of halogens is 1. The Morgan fingerprint density at radius 2 is 1.96 bits per heavy atom. The van der Waals surface area contributed by atoms with E-state index in [9.17, 15) is 14.0 Å². The number of ether oxygens (including phenoxy) is 1. The zero-order valence-electron chi connectivity index (χ0n) is 15.7. The number of fused-ring (bicyclic) bond motifs is 1. The lowest BCUT2D eigenvalue weighted by Gasteiger charge is -2.21. The number of urea groups is 1. The molecule has 0 fully saturated rings. The van der Waals surface area contributed by atoms with Crippen LogP contribution in [-0.4, -0.2) is 41.0 Å². The molecule has 3 rings (SSSR count). The highest BCUT2D eigenvalue weighted by Gasteiger charge is 2.26. The average molecular weight is 375 g/mol. The van der Waals surface area contributed by atoms with E-state index >= 15 is 0 Å². The van der Waals surface area contributed by atoms with Crippen LogP contribution in [-0.2, 0) is 11.3 Å². The van der Waals surface area contributed by atoms with Gasteiger partial charge in [0.15, 0.2) is 5.82 Å². The third kappa shape index (κ3) is 4.02. The molecule has 144 valence electrons. The lowest BCUT2D eigenvalue weighted by atomic mass is 10.1. The van der Waals surface area contributed by atoms with Gasteiger partial charge in [0.25, 0.3) is 0 Å². The molecule has 2 N–H and O–H groups in total. The van der Waals surface area contributed by atoms with Crippen LogP contribution in [0.25, 0.3) is 0 Å². The van der Waals surface area contributed by atoms with E-state index in [1.807, 2.05) is 4.90 Å². The lowest BCUT2D eigenvalue weighted by Crippen LogP contribution is -2.25. The Bertz CT molecular complexity index is 888. The van der Waals surface area contributed by atoms with Crippen molar-refractivity contribution in [3.05, 3.63) is 35.6 Å². The van der Waals surface area contributed by atoms with Crippen molar-refractivity contribution in [2.75, 3.05) is 23.8 Å². The van der Waals surface area contributed by atoms with E-state index in [0.29, 0.717) is 24.6 Å². The molecule has 0 unspecified atom stereocenters. The lowest BCUT2D eigenvalue weighted by molar-refractivity contribution is 0.00647. The van der Waals surface area contributed by atoms with Gasteiger partial charge in [-0.1, -0.05) is 0 Å². The summed E-state index contributed by atoms with van der Waals surface area (Å²) in [6, 6.07) is 5.67. The largest absolute Gasteiger partial charge is 0.456 e. The van der Waals surface area contributed by atoms with E-state index in [1.54, 1.807) is 37.6 Å².